The summed E-state index contributed by atoms with van der Waals surface area (Å²) >= 11 is 0. The van der Waals surface area contributed by atoms with Gasteiger partial charge in [0.2, 0.25) is 5.43 Å². The smallest absolute Gasteiger partial charge is 0.341 e. The lowest BCUT2D eigenvalue weighted by Crippen LogP contribution is -2.40. The molecule has 0 spiro atoms. The van der Waals surface area contributed by atoms with Crippen LogP contribution in [-0.2, 0) is 9.59 Å². The van der Waals surface area contributed by atoms with Gasteiger partial charge in [0.15, 0.2) is 23.8 Å². The number of aromatic nitrogens is 1. The maximum absolute atomic E-state index is 15.3. The predicted octanol–water partition coefficient (Wildman–Crippen LogP) is 0.248. The highest BCUT2D eigenvalue weighted by molar-refractivity contribution is 5.97. The summed E-state index contributed by atoms with van der Waals surface area (Å²) in [6, 6.07) is 1.62. The number of ether oxygens (including phenoxy) is 1. The van der Waals surface area contributed by atoms with Gasteiger partial charge in [0.05, 0.1) is 18.0 Å². The van der Waals surface area contributed by atoms with Gasteiger partial charge in [-0.25, -0.2) is 18.8 Å². The van der Waals surface area contributed by atoms with Crippen LogP contribution in [0.25, 0.3) is 10.9 Å². The molecule has 2 aromatic rings. The number of carboxylic acid groups (broad SMARTS) is 3. The molecule has 1 aromatic heterocycles. The normalized spacial score (nSPS) is 21.9. The maximum atomic E-state index is 15.3. The molecular formula is C25H30FN3O10. The summed E-state index contributed by atoms with van der Waals surface area (Å²) in [6.07, 6.45) is 0.872. The number of piperidine rings is 1. The van der Waals surface area contributed by atoms with Gasteiger partial charge in [-0.15, -0.1) is 0 Å². The Hall–Kier alpha value is -3.75. The molecule has 0 bridgehead atoms. The van der Waals surface area contributed by atoms with Gasteiger partial charge in [-0.2, -0.15) is 0 Å². The van der Waals surface area contributed by atoms with E-state index in [0.29, 0.717) is 35.5 Å². The molecular weight excluding hydrogens is 521 g/mol. The van der Waals surface area contributed by atoms with Crippen LogP contribution in [0, 0.1) is 11.7 Å². The average molecular weight is 552 g/mol. The first-order valence-corrected chi connectivity index (χ1v) is 12.4. The number of hydrogen-bond acceptors (Lipinski definition) is 9. The third-order valence-corrected chi connectivity index (χ3v) is 7.29. The Morgan fingerprint density at radius 3 is 2.23 bits per heavy atom. The van der Waals surface area contributed by atoms with Crippen LogP contribution in [0.4, 0.5) is 10.1 Å². The highest BCUT2D eigenvalue weighted by Crippen LogP contribution is 2.45. The van der Waals surface area contributed by atoms with Gasteiger partial charge < -0.3 is 45.1 Å². The molecule has 1 aliphatic carbocycles. The molecule has 3 fully saturated rings. The molecule has 14 heteroatoms. The summed E-state index contributed by atoms with van der Waals surface area (Å²) in [6.45, 7) is 2.40. The van der Waals surface area contributed by atoms with E-state index in [9.17, 15) is 24.3 Å². The largest absolute Gasteiger partial charge is 0.492 e. The van der Waals surface area contributed by atoms with Crippen LogP contribution in [0.1, 0.15) is 42.1 Å². The second-order valence-corrected chi connectivity index (χ2v) is 9.89. The molecule has 3 aliphatic rings. The number of aliphatic carboxylic acids is 2. The van der Waals surface area contributed by atoms with Crippen LogP contribution in [0.3, 0.4) is 0 Å². The fourth-order valence-corrected chi connectivity index (χ4v) is 5.22. The highest BCUT2D eigenvalue weighted by atomic mass is 19.1. The Balaban J connectivity index is 0.000000303. The Bertz CT molecular complexity index is 1330. The number of benzene rings is 1. The number of hydrogen-bond donors (Lipinski definition) is 6. The molecule has 0 unspecified atom stereocenters. The van der Waals surface area contributed by atoms with Crippen molar-refractivity contribution >= 4 is 34.5 Å². The van der Waals surface area contributed by atoms with Crippen LogP contribution in [0.5, 0.6) is 5.75 Å². The molecule has 1 saturated carbocycles. The Kier molecular flexibility index (Phi) is 8.09. The van der Waals surface area contributed by atoms with E-state index >= 15 is 4.39 Å². The van der Waals surface area contributed by atoms with Crippen molar-refractivity contribution in [1.82, 2.24) is 9.88 Å². The first-order chi connectivity index (χ1) is 18.5. The Labute approximate surface area is 221 Å². The van der Waals surface area contributed by atoms with E-state index in [2.05, 4.69) is 5.32 Å². The van der Waals surface area contributed by atoms with E-state index in [-0.39, 0.29) is 17.0 Å². The van der Waals surface area contributed by atoms with Gasteiger partial charge in [0, 0.05) is 31.4 Å². The standard InChI is InChI=1S/C21H24FN3O4.C4H6O6/c1-29-20-17-13(19(26)14(21(27)28)9-25(17)12-4-5-12)7-15(22)18(20)24-8-11-3-2-6-23-16(11)10-24;5-1(3(7)8)2(6)4(9)10/h7,9,11-12,16,23H,2-6,8,10H2,1H3,(H,27,28);1-2,5-6H,(H,7,8)(H,9,10)/t11-,16+;1-,2-/m01/s1. The van der Waals surface area contributed by atoms with Crippen molar-refractivity contribution in [1.29, 1.82) is 0 Å². The van der Waals surface area contributed by atoms with Crippen molar-refractivity contribution in [3.63, 3.8) is 0 Å². The van der Waals surface area contributed by atoms with E-state index in [1.807, 2.05) is 4.90 Å². The lowest BCUT2D eigenvalue weighted by atomic mass is 9.94. The summed E-state index contributed by atoms with van der Waals surface area (Å²) in [4.78, 5) is 45.9. The minimum atomic E-state index is -2.27. The lowest BCUT2D eigenvalue weighted by Gasteiger charge is -2.25. The number of aliphatic hydroxyl groups excluding tert-OH is 2. The summed E-state index contributed by atoms with van der Waals surface area (Å²) in [7, 11) is 1.48. The van der Waals surface area contributed by atoms with Gasteiger partial charge >= 0.3 is 17.9 Å². The van der Waals surface area contributed by atoms with E-state index in [4.69, 9.17) is 25.2 Å². The zero-order chi connectivity index (χ0) is 28.6. The molecule has 0 amide bonds. The van der Waals surface area contributed by atoms with Crippen molar-refractivity contribution in [3.05, 3.63) is 33.9 Å². The van der Waals surface area contributed by atoms with E-state index in [0.717, 1.165) is 38.8 Å². The third kappa shape index (κ3) is 5.53. The second-order valence-electron chi connectivity index (χ2n) is 9.89. The van der Waals surface area contributed by atoms with Crippen LogP contribution >= 0.6 is 0 Å². The molecule has 3 heterocycles. The molecule has 0 radical (unpaired) electrons. The van der Waals surface area contributed by atoms with E-state index < -0.39 is 41.4 Å². The average Bonchev–Trinajstić information content (AvgIpc) is 3.65. The lowest BCUT2D eigenvalue weighted by molar-refractivity contribution is -0.165. The molecule has 4 atom stereocenters. The molecule has 212 valence electrons. The highest BCUT2D eigenvalue weighted by Gasteiger charge is 2.38. The summed E-state index contributed by atoms with van der Waals surface area (Å²) in [5, 5.41) is 45.5. The molecule has 2 saturated heterocycles. The number of aromatic carboxylic acids is 1. The van der Waals surface area contributed by atoms with Gasteiger partial charge in [-0.1, -0.05) is 0 Å². The number of pyridine rings is 1. The molecule has 2 aliphatic heterocycles. The molecule has 6 N–H and O–H groups in total. The fourth-order valence-electron chi connectivity index (χ4n) is 5.22. The summed E-state index contributed by atoms with van der Waals surface area (Å²) in [5.74, 6) is -4.60. The number of carbonyl (C=O) groups is 3. The molecule has 1 aromatic carbocycles. The quantitative estimate of drug-likeness (QED) is 0.275. The van der Waals surface area contributed by atoms with Crippen molar-refractivity contribution < 1.29 is 49.0 Å². The number of methoxy groups -OCH3 is 1. The number of fused-ring (bicyclic) bond motifs is 2. The minimum absolute atomic E-state index is 0.0599. The van der Waals surface area contributed by atoms with Gasteiger partial charge in [-0.05, 0) is 44.2 Å². The van der Waals surface area contributed by atoms with E-state index in [1.54, 1.807) is 4.57 Å². The first-order valence-electron chi connectivity index (χ1n) is 12.4. The van der Waals surface area contributed by atoms with Crippen molar-refractivity contribution in [2.24, 2.45) is 5.92 Å². The SMILES string of the molecule is COc1c(N2C[C@@H]3CCCN[C@@H]3C2)c(F)cc2c(=O)c(C(=O)O)cn(C3CC3)c12.O=C(O)[C@H](O)[C@@H](O)C(=O)O. The van der Waals surface area contributed by atoms with Gasteiger partial charge in [-0.3, -0.25) is 4.79 Å². The summed E-state index contributed by atoms with van der Waals surface area (Å²) in [5.41, 5.74) is -0.155. The van der Waals surface area contributed by atoms with E-state index in [1.165, 1.54) is 19.4 Å². The van der Waals surface area contributed by atoms with Gasteiger partial charge in [0.1, 0.15) is 11.3 Å². The zero-order valence-corrected chi connectivity index (χ0v) is 21.0. The van der Waals surface area contributed by atoms with Crippen LogP contribution in [0.15, 0.2) is 17.1 Å². The predicted molar refractivity (Wildman–Crippen MR) is 134 cm³/mol. The minimum Gasteiger partial charge on any atom is -0.492 e. The number of nitrogens with zero attached hydrogens (tertiary/aromatic N) is 2. The van der Waals surface area contributed by atoms with Crippen molar-refractivity contribution in [2.45, 2.75) is 50.0 Å². The monoisotopic (exact) mass is 551 g/mol. The number of rotatable bonds is 7. The van der Waals surface area contributed by atoms with Crippen LogP contribution < -0.4 is 20.4 Å². The zero-order valence-electron chi connectivity index (χ0n) is 21.0. The fraction of sp³-hybridized carbons (Fsp3) is 0.520. The van der Waals surface area contributed by atoms with Crippen LogP contribution in [-0.4, -0.2) is 93.0 Å². The van der Waals surface area contributed by atoms with Crippen molar-refractivity contribution in [3.8, 4) is 5.75 Å². The summed E-state index contributed by atoms with van der Waals surface area (Å²) < 4.78 is 22.8. The maximum Gasteiger partial charge on any atom is 0.341 e. The van der Waals surface area contributed by atoms with Crippen LogP contribution in [0.2, 0.25) is 0 Å². The Morgan fingerprint density at radius 1 is 1.08 bits per heavy atom. The Morgan fingerprint density at radius 2 is 1.72 bits per heavy atom. The molecule has 5 rings (SSSR count). The number of carboxylic acids is 3. The molecule has 39 heavy (non-hydrogen) atoms. The number of aliphatic hydroxyl groups is 2. The first kappa shape index (κ1) is 28.3. The molecule has 13 nitrogen and oxygen atoms in total. The topological polar surface area (TPSA) is 199 Å². The van der Waals surface area contributed by atoms with Crippen molar-refractivity contribution in [2.75, 3.05) is 31.6 Å². The van der Waals surface area contributed by atoms with Gasteiger partial charge in [0.25, 0.3) is 0 Å². The second kappa shape index (κ2) is 11.2. The number of nitrogens with one attached hydrogen (secondary N) is 1. The third-order valence-electron chi connectivity index (χ3n) is 7.29. The number of halogens is 1. The number of anilines is 1.